The number of benzene rings is 17. The molecule has 1 aromatic heterocycles. The second-order valence-corrected chi connectivity index (χ2v) is 26.6. The molecule has 0 spiro atoms. The zero-order chi connectivity index (χ0) is 65.8. The van der Waals surface area contributed by atoms with Gasteiger partial charge in [-0.15, -0.1) is 0 Å². The fraction of sp³-hybridized carbons (Fsp3) is 0. The van der Waals surface area contributed by atoms with Crippen molar-refractivity contribution in [1.29, 1.82) is 0 Å². The standard InChI is InChI=1S/C96H62BN3/c1-7-27-63(28-8-1)73-52-55-88-85(59-73)97-86-60-74(64-29-9-2-10-30-64)53-56-89(86)100(95-78(68-36-15-5-16-37-68)47-26-48-79(95)69-38-17-6-18-39-69)91-62-75(61-90(93(91)97)99(88)94-76(66-32-11-3-12-33-66)45-25-46-77(94)67-34-13-4-14-35-67)98-87-54-51-72(71-50-49-65-31-19-20-40-70(65)57-71)58-84(87)92-82-43-23-21-41-80(82)81-42-22-24-44-83(81)96(92)98/h1-62H. The van der Waals surface area contributed by atoms with Gasteiger partial charge in [-0.3, -0.25) is 0 Å². The quantitative estimate of drug-likeness (QED) is 0.0999. The fourth-order valence-corrected chi connectivity index (χ4v) is 16.7. The number of hydrogen-bond acceptors (Lipinski definition) is 2. The summed E-state index contributed by atoms with van der Waals surface area (Å²) in [4.78, 5) is 5.36. The van der Waals surface area contributed by atoms with E-state index in [2.05, 4.69) is 390 Å². The maximum atomic E-state index is 2.68. The Labute approximate surface area is 581 Å². The molecule has 0 radical (unpaired) electrons. The molecule has 0 unspecified atom stereocenters. The van der Waals surface area contributed by atoms with Crippen LogP contribution >= 0.6 is 0 Å². The summed E-state index contributed by atoms with van der Waals surface area (Å²) in [7, 11) is 0. The molecule has 0 saturated heterocycles. The van der Waals surface area contributed by atoms with Crippen LogP contribution in [0.3, 0.4) is 0 Å². The second kappa shape index (κ2) is 23.4. The molecule has 0 atom stereocenters. The second-order valence-electron chi connectivity index (χ2n) is 26.6. The Hall–Kier alpha value is -13.0. The average Bonchev–Trinajstić information content (AvgIpc) is 1.05. The van der Waals surface area contributed by atoms with Crippen LogP contribution in [0.4, 0.5) is 34.1 Å². The lowest BCUT2D eigenvalue weighted by atomic mass is 9.33. The van der Waals surface area contributed by atoms with Gasteiger partial charge in [0.1, 0.15) is 0 Å². The van der Waals surface area contributed by atoms with Gasteiger partial charge in [0.25, 0.3) is 6.71 Å². The van der Waals surface area contributed by atoms with Crippen molar-refractivity contribution in [2.45, 2.75) is 0 Å². The third-order valence-electron chi connectivity index (χ3n) is 21.1. The first-order valence-electron chi connectivity index (χ1n) is 34.7. The van der Waals surface area contributed by atoms with Crippen LogP contribution in [0.2, 0.25) is 0 Å². The zero-order valence-corrected chi connectivity index (χ0v) is 54.7. The van der Waals surface area contributed by atoms with Gasteiger partial charge in [0.05, 0.1) is 28.1 Å². The van der Waals surface area contributed by atoms with Crippen LogP contribution in [0.25, 0.3) is 138 Å². The molecule has 2 aliphatic heterocycles. The number of hydrogen-bond donors (Lipinski definition) is 0. The Bertz CT molecular complexity index is 5910. The summed E-state index contributed by atoms with van der Waals surface area (Å²) in [5.74, 6) is 0. The summed E-state index contributed by atoms with van der Waals surface area (Å²) in [6.07, 6.45) is 0. The number of rotatable bonds is 10. The first-order valence-corrected chi connectivity index (χ1v) is 34.7. The van der Waals surface area contributed by atoms with Gasteiger partial charge in [-0.25, -0.2) is 0 Å². The Kier molecular flexibility index (Phi) is 13.4. The molecule has 0 fully saturated rings. The van der Waals surface area contributed by atoms with E-state index >= 15 is 0 Å². The highest BCUT2D eigenvalue weighted by atomic mass is 15.2. The van der Waals surface area contributed by atoms with E-state index in [9.17, 15) is 0 Å². The van der Waals surface area contributed by atoms with Crippen LogP contribution < -0.4 is 26.2 Å². The molecule has 3 nitrogen and oxygen atoms in total. The van der Waals surface area contributed by atoms with Gasteiger partial charge in [0.15, 0.2) is 0 Å². The minimum atomic E-state index is -0.260. The molecule has 18 aromatic rings. The van der Waals surface area contributed by atoms with E-state index in [1.165, 1.54) is 87.2 Å². The van der Waals surface area contributed by atoms with Crippen LogP contribution in [-0.2, 0) is 0 Å². The molecule has 20 rings (SSSR count). The average molecular weight is 1270 g/mol. The lowest BCUT2D eigenvalue weighted by Gasteiger charge is -2.46. The van der Waals surface area contributed by atoms with Gasteiger partial charge < -0.3 is 14.4 Å². The topological polar surface area (TPSA) is 11.4 Å². The number of para-hydroxylation sites is 2. The Balaban J connectivity index is 0.992. The van der Waals surface area contributed by atoms with Crippen LogP contribution in [-0.4, -0.2) is 11.3 Å². The van der Waals surface area contributed by atoms with E-state index in [-0.39, 0.29) is 6.71 Å². The molecule has 0 N–H and O–H groups in total. The summed E-state index contributed by atoms with van der Waals surface area (Å²) in [5, 5.41) is 9.73. The monoisotopic (exact) mass is 1270 g/mol. The molecule has 0 bridgehead atoms. The summed E-state index contributed by atoms with van der Waals surface area (Å²) >= 11 is 0. The molecule has 0 saturated carbocycles. The van der Waals surface area contributed by atoms with Crippen molar-refractivity contribution < 1.29 is 0 Å². The van der Waals surface area contributed by atoms with Crippen molar-refractivity contribution in [3.8, 4) is 83.6 Å². The van der Waals surface area contributed by atoms with E-state index in [0.717, 1.165) is 101 Å². The Morgan fingerprint density at radius 3 is 1.07 bits per heavy atom. The van der Waals surface area contributed by atoms with Crippen LogP contribution in [0, 0.1) is 0 Å². The van der Waals surface area contributed by atoms with Crippen molar-refractivity contribution >= 4 is 111 Å². The molecular formula is C96H62BN3. The third kappa shape index (κ3) is 9.15. The third-order valence-corrected chi connectivity index (χ3v) is 21.1. The van der Waals surface area contributed by atoms with E-state index in [4.69, 9.17) is 0 Å². The molecule has 100 heavy (non-hydrogen) atoms. The van der Waals surface area contributed by atoms with Crippen LogP contribution in [0.15, 0.2) is 376 Å². The molecule has 464 valence electrons. The summed E-state index contributed by atoms with van der Waals surface area (Å²) in [6.45, 7) is -0.260. The minimum absolute atomic E-state index is 0.260. The molecule has 3 heterocycles. The van der Waals surface area contributed by atoms with Gasteiger partial charge in [0, 0.05) is 61.2 Å². The zero-order valence-electron chi connectivity index (χ0n) is 54.7. The van der Waals surface area contributed by atoms with E-state index in [1.54, 1.807) is 0 Å². The lowest BCUT2D eigenvalue weighted by Crippen LogP contribution is -2.61. The van der Waals surface area contributed by atoms with E-state index in [1.807, 2.05) is 0 Å². The Morgan fingerprint density at radius 2 is 0.590 bits per heavy atom. The van der Waals surface area contributed by atoms with E-state index in [0.29, 0.717) is 0 Å². The normalized spacial score (nSPS) is 12.3. The summed E-state index contributed by atoms with van der Waals surface area (Å²) in [5.41, 5.74) is 29.8. The highest BCUT2D eigenvalue weighted by Gasteiger charge is 2.46. The van der Waals surface area contributed by atoms with Crippen LogP contribution in [0.1, 0.15) is 0 Å². The van der Waals surface area contributed by atoms with Crippen molar-refractivity contribution in [3.05, 3.63) is 376 Å². The summed E-state index contributed by atoms with van der Waals surface area (Å²) in [6, 6.07) is 141. The minimum Gasteiger partial charge on any atom is -0.310 e. The molecule has 4 heteroatoms. The first kappa shape index (κ1) is 57.3. The SMILES string of the molecule is c1ccc(-c2ccc3c(c2)B2c4cc(-c5ccccc5)ccc4N(c4c(-c5ccccc5)cccc4-c4ccccc4)c4cc(-n5c6ccc(-c7ccc8ccccc8c7)cc6c6c7ccccc7c7ccccc7c65)cc(c42)N3c2c(-c3ccccc3)cccc2-c2ccccc2)cc1. The predicted octanol–water partition coefficient (Wildman–Crippen LogP) is 24.0. The van der Waals surface area contributed by atoms with Crippen molar-refractivity contribution in [1.82, 2.24) is 4.57 Å². The van der Waals surface area contributed by atoms with Gasteiger partial charge in [-0.2, -0.15) is 0 Å². The maximum Gasteiger partial charge on any atom is 0.252 e. The van der Waals surface area contributed by atoms with Gasteiger partial charge in [-0.05, 0) is 141 Å². The lowest BCUT2D eigenvalue weighted by molar-refractivity contribution is 1.16. The summed E-state index contributed by atoms with van der Waals surface area (Å²) < 4.78 is 2.64. The van der Waals surface area contributed by atoms with Crippen LogP contribution in [0.5, 0.6) is 0 Å². The van der Waals surface area contributed by atoms with Gasteiger partial charge >= 0.3 is 0 Å². The molecular weight excluding hydrogens is 1210 g/mol. The molecule has 17 aromatic carbocycles. The Morgan fingerprint density at radius 1 is 0.220 bits per heavy atom. The largest absolute Gasteiger partial charge is 0.310 e. The maximum absolute atomic E-state index is 2.68. The highest BCUT2D eigenvalue weighted by Crippen LogP contribution is 2.55. The molecule has 0 amide bonds. The predicted molar refractivity (Wildman–Crippen MR) is 425 cm³/mol. The molecule has 0 aliphatic carbocycles. The molecule has 2 aliphatic rings. The fourth-order valence-electron chi connectivity index (χ4n) is 16.7. The first-order chi connectivity index (χ1) is 49.6. The van der Waals surface area contributed by atoms with Crippen molar-refractivity contribution in [2.75, 3.05) is 9.80 Å². The number of anilines is 6. The number of aromatic nitrogens is 1. The smallest absolute Gasteiger partial charge is 0.252 e. The van der Waals surface area contributed by atoms with Crippen molar-refractivity contribution in [3.63, 3.8) is 0 Å². The number of fused-ring (bicyclic) bond motifs is 13. The van der Waals surface area contributed by atoms with Crippen molar-refractivity contribution in [2.24, 2.45) is 0 Å². The van der Waals surface area contributed by atoms with E-state index < -0.39 is 0 Å². The highest BCUT2D eigenvalue weighted by molar-refractivity contribution is 7.00. The number of nitrogens with zero attached hydrogens (tertiary/aromatic N) is 3. The van der Waals surface area contributed by atoms with Gasteiger partial charge in [-0.1, -0.05) is 334 Å². The van der Waals surface area contributed by atoms with Gasteiger partial charge in [0.2, 0.25) is 0 Å².